The van der Waals surface area contributed by atoms with Gasteiger partial charge >= 0.3 is 0 Å². The van der Waals surface area contributed by atoms with Crippen LogP contribution in [0, 0.1) is 29.2 Å². The summed E-state index contributed by atoms with van der Waals surface area (Å²) in [6.45, 7) is 1.95. The third-order valence-corrected chi connectivity index (χ3v) is 6.04. The number of halogens is 4. The van der Waals surface area contributed by atoms with Gasteiger partial charge in [0.15, 0.2) is 23.7 Å². The second-order valence-corrected chi connectivity index (χ2v) is 8.20. The van der Waals surface area contributed by atoms with Gasteiger partial charge < -0.3 is 18.9 Å². The van der Waals surface area contributed by atoms with E-state index in [-0.39, 0.29) is 29.4 Å². The lowest BCUT2D eigenvalue weighted by molar-refractivity contribution is -0.247. The summed E-state index contributed by atoms with van der Waals surface area (Å²) in [5.41, 5.74) is 1.22. The van der Waals surface area contributed by atoms with Crippen molar-refractivity contribution in [2.75, 3.05) is 33.5 Å². The van der Waals surface area contributed by atoms with Gasteiger partial charge in [-0.05, 0) is 48.6 Å². The zero-order valence-corrected chi connectivity index (χ0v) is 18.3. The normalized spacial score (nSPS) is 23.4. The summed E-state index contributed by atoms with van der Waals surface area (Å²) in [7, 11) is 1.62. The van der Waals surface area contributed by atoms with Crippen LogP contribution in [-0.4, -0.2) is 45.9 Å². The third-order valence-electron chi connectivity index (χ3n) is 6.04. The number of methoxy groups -OCH3 is 1. The monoisotopic (exact) mass is 466 g/mol. The van der Waals surface area contributed by atoms with Crippen LogP contribution in [0.4, 0.5) is 17.6 Å². The van der Waals surface area contributed by atoms with Crippen molar-refractivity contribution in [2.24, 2.45) is 5.92 Å². The summed E-state index contributed by atoms with van der Waals surface area (Å²) < 4.78 is 77.8. The van der Waals surface area contributed by atoms with E-state index < -0.39 is 23.3 Å². The Morgan fingerprint density at radius 2 is 1.67 bits per heavy atom. The Morgan fingerprint density at radius 1 is 0.909 bits per heavy atom. The highest BCUT2D eigenvalue weighted by atomic mass is 19.2. The van der Waals surface area contributed by atoms with Crippen molar-refractivity contribution in [3.8, 4) is 11.1 Å². The van der Waals surface area contributed by atoms with Crippen molar-refractivity contribution in [1.29, 1.82) is 0 Å². The lowest BCUT2D eigenvalue weighted by atomic mass is 9.85. The van der Waals surface area contributed by atoms with Gasteiger partial charge in [0.2, 0.25) is 0 Å². The number of rotatable bonds is 7. The van der Waals surface area contributed by atoms with Gasteiger partial charge in [-0.2, -0.15) is 0 Å². The molecule has 4 nitrogen and oxygen atoms in total. The van der Waals surface area contributed by atoms with Gasteiger partial charge in [0.05, 0.1) is 26.4 Å². The topological polar surface area (TPSA) is 36.9 Å². The van der Waals surface area contributed by atoms with Crippen LogP contribution < -0.4 is 0 Å². The largest absolute Gasteiger partial charge is 0.382 e. The minimum absolute atomic E-state index is 0.105. The van der Waals surface area contributed by atoms with Gasteiger partial charge in [-0.3, -0.25) is 0 Å². The fourth-order valence-corrected chi connectivity index (χ4v) is 4.20. The molecule has 178 valence electrons. The second-order valence-electron chi connectivity index (χ2n) is 8.20. The van der Waals surface area contributed by atoms with E-state index in [1.54, 1.807) is 13.2 Å². The van der Waals surface area contributed by atoms with Crippen LogP contribution in [0.2, 0.25) is 0 Å². The molecule has 1 atom stereocenters. The molecule has 1 unspecified atom stereocenters. The van der Waals surface area contributed by atoms with Crippen molar-refractivity contribution in [1.82, 2.24) is 0 Å². The van der Waals surface area contributed by atoms with Gasteiger partial charge in [-0.15, -0.1) is 0 Å². The van der Waals surface area contributed by atoms with Crippen molar-refractivity contribution < 1.29 is 36.5 Å². The van der Waals surface area contributed by atoms with Crippen LogP contribution in [0.1, 0.15) is 24.8 Å². The van der Waals surface area contributed by atoms with Crippen LogP contribution in [0.5, 0.6) is 0 Å². The maximum absolute atomic E-state index is 14.7. The molecule has 0 radical (unpaired) electrons. The highest BCUT2D eigenvalue weighted by Gasteiger charge is 2.31. The molecule has 0 N–H and O–H groups in total. The summed E-state index contributed by atoms with van der Waals surface area (Å²) in [5.74, 6) is -4.83. The van der Waals surface area contributed by atoms with Crippen LogP contribution in [0.25, 0.3) is 16.7 Å². The van der Waals surface area contributed by atoms with Crippen molar-refractivity contribution >= 4 is 5.57 Å². The molecule has 0 spiro atoms. The molecule has 1 saturated heterocycles. The first-order valence-electron chi connectivity index (χ1n) is 10.9. The second kappa shape index (κ2) is 10.8. The minimum Gasteiger partial charge on any atom is -0.382 e. The van der Waals surface area contributed by atoms with Crippen LogP contribution in [-0.2, 0) is 18.9 Å². The molecule has 2 aliphatic rings. The predicted octanol–water partition coefficient (Wildman–Crippen LogP) is 5.50. The van der Waals surface area contributed by atoms with E-state index in [9.17, 15) is 17.6 Å². The zero-order chi connectivity index (χ0) is 23.4. The molecule has 1 fully saturated rings. The maximum atomic E-state index is 14.7. The van der Waals surface area contributed by atoms with Crippen molar-refractivity contribution in [3.63, 3.8) is 0 Å². The third kappa shape index (κ3) is 5.46. The Morgan fingerprint density at radius 3 is 2.33 bits per heavy atom. The summed E-state index contributed by atoms with van der Waals surface area (Å²) in [6, 6.07) is 6.19. The molecule has 0 bridgehead atoms. The van der Waals surface area contributed by atoms with Gasteiger partial charge in [-0.1, -0.05) is 18.2 Å². The predicted molar refractivity (Wildman–Crippen MR) is 114 cm³/mol. The molecule has 0 saturated carbocycles. The first-order chi connectivity index (χ1) is 16.0. The summed E-state index contributed by atoms with van der Waals surface area (Å²) in [4.78, 5) is 0. The molecule has 0 amide bonds. The standard InChI is InChI=1S/C25H26F4O4/c1-30-10-11-31-18-13-32-25(33-14-18)16-4-2-15(3-5-16)17-6-7-19(22(27)12-17)20-8-9-21(26)24(29)23(20)28/h2,6-9,12,16,18,25H,3-5,10-11,13-14H2,1H3. The lowest BCUT2D eigenvalue weighted by Gasteiger charge is -2.35. The van der Waals surface area contributed by atoms with E-state index >= 15 is 0 Å². The quantitative estimate of drug-likeness (QED) is 0.307. The zero-order valence-electron chi connectivity index (χ0n) is 18.3. The molecule has 0 aromatic heterocycles. The van der Waals surface area contributed by atoms with Gasteiger partial charge in [0.25, 0.3) is 0 Å². The Bertz CT molecular complexity index is 1000. The molecule has 8 heteroatoms. The van der Waals surface area contributed by atoms with Crippen molar-refractivity contribution in [2.45, 2.75) is 31.7 Å². The van der Waals surface area contributed by atoms with E-state index in [4.69, 9.17) is 18.9 Å². The number of hydrogen-bond donors (Lipinski definition) is 0. The van der Waals surface area contributed by atoms with E-state index in [0.29, 0.717) is 38.4 Å². The number of benzene rings is 2. The highest BCUT2D eigenvalue weighted by Crippen LogP contribution is 2.36. The average Bonchev–Trinajstić information content (AvgIpc) is 2.84. The molecule has 1 heterocycles. The first-order valence-corrected chi connectivity index (χ1v) is 10.9. The number of allylic oxidation sites excluding steroid dienone is 2. The molecular weight excluding hydrogens is 440 g/mol. The Balaban J connectivity index is 1.38. The average molecular weight is 466 g/mol. The number of ether oxygens (including phenoxy) is 4. The summed E-state index contributed by atoms with van der Waals surface area (Å²) in [5, 5.41) is 0. The van der Waals surface area contributed by atoms with Crippen LogP contribution in [0.3, 0.4) is 0 Å². The van der Waals surface area contributed by atoms with E-state index in [0.717, 1.165) is 30.5 Å². The molecular formula is C25H26F4O4. The Labute approximate surface area is 190 Å². The molecule has 2 aromatic rings. The van der Waals surface area contributed by atoms with Crippen LogP contribution >= 0.6 is 0 Å². The van der Waals surface area contributed by atoms with E-state index in [2.05, 4.69) is 0 Å². The molecule has 1 aliphatic heterocycles. The van der Waals surface area contributed by atoms with Gasteiger partial charge in [-0.25, -0.2) is 17.6 Å². The molecule has 2 aromatic carbocycles. The van der Waals surface area contributed by atoms with E-state index in [1.807, 2.05) is 6.08 Å². The Kier molecular flexibility index (Phi) is 7.80. The maximum Gasteiger partial charge on any atom is 0.195 e. The summed E-state index contributed by atoms with van der Waals surface area (Å²) in [6.07, 6.45) is 3.87. The molecule has 4 rings (SSSR count). The smallest absolute Gasteiger partial charge is 0.195 e. The fourth-order valence-electron chi connectivity index (χ4n) is 4.20. The minimum atomic E-state index is -1.61. The van der Waals surface area contributed by atoms with Crippen LogP contribution in [0.15, 0.2) is 36.4 Å². The van der Waals surface area contributed by atoms with Crippen molar-refractivity contribution in [3.05, 3.63) is 65.2 Å². The number of hydrogen-bond acceptors (Lipinski definition) is 4. The SMILES string of the molecule is COCCOC1COC(C2CC=C(c3ccc(-c4ccc(F)c(F)c4F)c(F)c3)CC2)OC1. The first kappa shape index (κ1) is 23.9. The molecule has 33 heavy (non-hydrogen) atoms. The lowest BCUT2D eigenvalue weighted by Crippen LogP contribution is -2.41. The highest BCUT2D eigenvalue weighted by molar-refractivity contribution is 5.71. The van der Waals surface area contributed by atoms with E-state index in [1.165, 1.54) is 12.1 Å². The van der Waals surface area contributed by atoms with Gasteiger partial charge in [0.1, 0.15) is 11.9 Å². The van der Waals surface area contributed by atoms with Gasteiger partial charge in [0, 0.05) is 24.2 Å². The fraction of sp³-hybridized carbons (Fsp3) is 0.440. The molecule has 1 aliphatic carbocycles. The Hall–Kier alpha value is -2.26. The summed E-state index contributed by atoms with van der Waals surface area (Å²) >= 11 is 0.